The summed E-state index contributed by atoms with van der Waals surface area (Å²) in [4.78, 5) is 5.02. The summed E-state index contributed by atoms with van der Waals surface area (Å²) in [6.07, 6.45) is -0.942. The molecule has 0 amide bonds. The molecule has 1 saturated carbocycles. The Morgan fingerprint density at radius 1 is 1.44 bits per heavy atom. The van der Waals surface area contributed by atoms with E-state index in [0.29, 0.717) is 12.8 Å². The Hall–Kier alpha value is -1.11. The first kappa shape index (κ1) is 13.3. The number of hydrogen-bond acceptors (Lipinski definition) is 3. The Labute approximate surface area is 102 Å². The van der Waals surface area contributed by atoms with Crippen LogP contribution in [0.1, 0.15) is 19.3 Å². The Bertz CT molecular complexity index is 371. The third-order valence-electron chi connectivity index (χ3n) is 3.25. The normalized spacial score (nSPS) is 23.8. The molecular weight excluding hydrogens is 250 g/mol. The standard InChI is InChI=1S/C11H15F4N3/c12-10(2-3-10)5-8(6-16)18-4-1-9(17-7-18)11(13,14)15/h1,4,8H,2-3,5-7,16H2. The number of alkyl halides is 4. The number of aliphatic imine (C=N–C) groups is 1. The topological polar surface area (TPSA) is 41.6 Å². The van der Waals surface area contributed by atoms with Crippen molar-refractivity contribution >= 4 is 5.71 Å². The zero-order chi connectivity index (χ0) is 13.4. The third kappa shape index (κ3) is 3.01. The SMILES string of the molecule is NCC(CC1(F)CC1)N1C=CC(C(F)(F)F)=NC1. The predicted molar refractivity (Wildman–Crippen MR) is 59.9 cm³/mol. The van der Waals surface area contributed by atoms with Gasteiger partial charge in [0.15, 0.2) is 0 Å². The van der Waals surface area contributed by atoms with Crippen LogP contribution in [0.5, 0.6) is 0 Å². The van der Waals surface area contributed by atoms with Crippen molar-refractivity contribution in [2.24, 2.45) is 10.7 Å². The minimum absolute atomic E-state index is 0.122. The zero-order valence-electron chi connectivity index (χ0n) is 9.75. The molecule has 0 aromatic carbocycles. The lowest BCUT2D eigenvalue weighted by molar-refractivity contribution is -0.0584. The highest BCUT2D eigenvalue weighted by atomic mass is 19.4. The molecule has 1 unspecified atom stereocenters. The fourth-order valence-electron chi connectivity index (χ4n) is 1.94. The lowest BCUT2D eigenvalue weighted by atomic mass is 10.1. The van der Waals surface area contributed by atoms with Gasteiger partial charge in [-0.2, -0.15) is 13.2 Å². The first-order chi connectivity index (χ1) is 8.34. The van der Waals surface area contributed by atoms with E-state index >= 15 is 0 Å². The molecule has 102 valence electrons. The minimum atomic E-state index is -4.43. The third-order valence-corrected chi connectivity index (χ3v) is 3.25. The number of hydrogen-bond donors (Lipinski definition) is 1. The molecule has 1 aliphatic carbocycles. The summed E-state index contributed by atoms with van der Waals surface area (Å²) in [7, 11) is 0. The molecule has 0 bridgehead atoms. The summed E-state index contributed by atoms with van der Waals surface area (Å²) in [6, 6.07) is -0.299. The molecular formula is C11H15F4N3. The van der Waals surface area contributed by atoms with E-state index in [9.17, 15) is 17.6 Å². The van der Waals surface area contributed by atoms with Gasteiger partial charge in [-0.15, -0.1) is 0 Å². The number of allylic oxidation sites excluding steroid dienone is 1. The van der Waals surface area contributed by atoms with Gasteiger partial charge in [-0.1, -0.05) is 0 Å². The van der Waals surface area contributed by atoms with Crippen LogP contribution in [-0.2, 0) is 0 Å². The fraction of sp³-hybridized carbons (Fsp3) is 0.727. The van der Waals surface area contributed by atoms with Crippen LogP contribution in [0.3, 0.4) is 0 Å². The molecule has 2 aliphatic rings. The van der Waals surface area contributed by atoms with E-state index in [-0.39, 0.29) is 25.7 Å². The molecule has 1 heterocycles. The number of halogens is 4. The summed E-state index contributed by atoms with van der Waals surface area (Å²) in [5, 5.41) is 0. The van der Waals surface area contributed by atoms with Crippen LogP contribution in [-0.4, -0.2) is 41.7 Å². The maximum absolute atomic E-state index is 13.6. The molecule has 2 rings (SSSR count). The second-order valence-electron chi connectivity index (χ2n) is 4.76. The van der Waals surface area contributed by atoms with Gasteiger partial charge in [-0.3, -0.25) is 4.99 Å². The van der Waals surface area contributed by atoms with Crippen molar-refractivity contribution in [2.75, 3.05) is 13.2 Å². The Balaban J connectivity index is 1.96. The van der Waals surface area contributed by atoms with E-state index in [1.807, 2.05) is 0 Å². The Morgan fingerprint density at radius 3 is 2.50 bits per heavy atom. The van der Waals surface area contributed by atoms with E-state index in [1.54, 1.807) is 4.90 Å². The van der Waals surface area contributed by atoms with Crippen LogP contribution in [0.25, 0.3) is 0 Å². The summed E-state index contributed by atoms with van der Waals surface area (Å²) < 4.78 is 50.7. The van der Waals surface area contributed by atoms with Gasteiger partial charge in [0, 0.05) is 25.2 Å². The van der Waals surface area contributed by atoms with Crippen LogP contribution in [0.15, 0.2) is 17.3 Å². The van der Waals surface area contributed by atoms with E-state index in [0.717, 1.165) is 6.08 Å². The lowest BCUT2D eigenvalue weighted by Crippen LogP contribution is -2.41. The largest absolute Gasteiger partial charge is 0.433 e. The van der Waals surface area contributed by atoms with Gasteiger partial charge in [0.1, 0.15) is 18.0 Å². The van der Waals surface area contributed by atoms with Gasteiger partial charge in [0.05, 0.1) is 0 Å². The van der Waals surface area contributed by atoms with Crippen LogP contribution in [0.4, 0.5) is 17.6 Å². The summed E-state index contributed by atoms with van der Waals surface area (Å²) >= 11 is 0. The van der Waals surface area contributed by atoms with Crippen molar-refractivity contribution in [1.29, 1.82) is 0 Å². The molecule has 1 aliphatic heterocycles. The van der Waals surface area contributed by atoms with Gasteiger partial charge >= 0.3 is 6.18 Å². The van der Waals surface area contributed by atoms with Gasteiger partial charge in [0.2, 0.25) is 0 Å². The average Bonchev–Trinajstić information content (AvgIpc) is 3.04. The Kier molecular flexibility index (Phi) is 3.35. The van der Waals surface area contributed by atoms with Gasteiger partial charge in [0.25, 0.3) is 0 Å². The summed E-state index contributed by atoms with van der Waals surface area (Å²) in [5.74, 6) is 0. The number of nitrogens with zero attached hydrogens (tertiary/aromatic N) is 2. The highest BCUT2D eigenvalue weighted by molar-refractivity contribution is 5.99. The van der Waals surface area contributed by atoms with Gasteiger partial charge < -0.3 is 10.6 Å². The average molecular weight is 265 g/mol. The number of nitrogens with two attached hydrogens (primary N) is 1. The monoisotopic (exact) mass is 265 g/mol. The Morgan fingerprint density at radius 2 is 2.11 bits per heavy atom. The molecule has 0 aromatic heterocycles. The van der Waals surface area contributed by atoms with Crippen LogP contribution >= 0.6 is 0 Å². The van der Waals surface area contributed by atoms with Crippen molar-refractivity contribution in [2.45, 2.75) is 37.1 Å². The molecule has 1 fully saturated rings. The van der Waals surface area contributed by atoms with Crippen molar-refractivity contribution in [3.8, 4) is 0 Å². The summed E-state index contributed by atoms with van der Waals surface area (Å²) in [5.41, 5.74) is 3.46. The first-order valence-electron chi connectivity index (χ1n) is 5.79. The fourth-order valence-corrected chi connectivity index (χ4v) is 1.94. The van der Waals surface area contributed by atoms with Crippen LogP contribution in [0, 0.1) is 0 Å². The molecule has 0 saturated heterocycles. The maximum Gasteiger partial charge on any atom is 0.433 e. The van der Waals surface area contributed by atoms with Crippen molar-refractivity contribution in [3.63, 3.8) is 0 Å². The van der Waals surface area contributed by atoms with Crippen LogP contribution in [0.2, 0.25) is 0 Å². The van der Waals surface area contributed by atoms with Gasteiger partial charge in [-0.25, -0.2) is 4.39 Å². The lowest BCUT2D eigenvalue weighted by Gasteiger charge is -2.31. The van der Waals surface area contributed by atoms with E-state index < -0.39 is 17.6 Å². The molecule has 3 nitrogen and oxygen atoms in total. The quantitative estimate of drug-likeness (QED) is 0.790. The van der Waals surface area contributed by atoms with Crippen LogP contribution < -0.4 is 5.73 Å². The second kappa shape index (κ2) is 4.53. The van der Waals surface area contributed by atoms with Crippen molar-refractivity contribution in [1.82, 2.24) is 4.90 Å². The van der Waals surface area contributed by atoms with Gasteiger partial charge in [-0.05, 0) is 18.9 Å². The molecule has 18 heavy (non-hydrogen) atoms. The summed E-state index contributed by atoms with van der Waals surface area (Å²) in [6.45, 7) is 0.0795. The molecule has 0 radical (unpaired) electrons. The first-order valence-corrected chi connectivity index (χ1v) is 5.79. The van der Waals surface area contributed by atoms with E-state index in [2.05, 4.69) is 4.99 Å². The highest BCUT2D eigenvalue weighted by Gasteiger charge is 2.45. The minimum Gasteiger partial charge on any atom is -0.354 e. The predicted octanol–water partition coefficient (Wildman–Crippen LogP) is 2.00. The van der Waals surface area contributed by atoms with Crippen molar-refractivity contribution < 1.29 is 17.6 Å². The maximum atomic E-state index is 13.6. The number of rotatable bonds is 4. The molecule has 0 aromatic rings. The highest BCUT2D eigenvalue weighted by Crippen LogP contribution is 2.44. The van der Waals surface area contributed by atoms with Crippen molar-refractivity contribution in [3.05, 3.63) is 12.3 Å². The molecule has 0 spiro atoms. The molecule has 7 heteroatoms. The molecule has 1 atom stereocenters. The molecule has 2 N–H and O–H groups in total. The zero-order valence-corrected chi connectivity index (χ0v) is 9.75. The smallest absolute Gasteiger partial charge is 0.354 e. The second-order valence-corrected chi connectivity index (χ2v) is 4.76. The van der Waals surface area contributed by atoms with E-state index in [4.69, 9.17) is 5.73 Å². The van der Waals surface area contributed by atoms with E-state index in [1.165, 1.54) is 6.20 Å².